The van der Waals surface area contributed by atoms with Crippen LogP contribution in [-0.2, 0) is 12.8 Å². The third-order valence-corrected chi connectivity index (χ3v) is 4.03. The van der Waals surface area contributed by atoms with Crippen LogP contribution in [0, 0.1) is 5.82 Å². The number of nitrogens with two attached hydrogens (primary N) is 1. The van der Waals surface area contributed by atoms with Gasteiger partial charge in [0.2, 0.25) is 0 Å². The Morgan fingerprint density at radius 3 is 2.67 bits per heavy atom. The summed E-state index contributed by atoms with van der Waals surface area (Å²) in [5, 5.41) is 0. The van der Waals surface area contributed by atoms with Crippen LogP contribution >= 0.6 is 11.3 Å². The van der Waals surface area contributed by atoms with Gasteiger partial charge in [-0.1, -0.05) is 6.92 Å². The lowest BCUT2D eigenvalue weighted by atomic mass is 10.1. The number of pyridine rings is 1. The van der Waals surface area contributed by atoms with Crippen molar-refractivity contribution in [1.29, 1.82) is 0 Å². The normalized spacial score (nSPS) is 12.6. The van der Waals surface area contributed by atoms with E-state index in [0.29, 0.717) is 0 Å². The number of nitrogens with zero attached hydrogens (tertiary/aromatic N) is 1. The van der Waals surface area contributed by atoms with Crippen LogP contribution in [0.25, 0.3) is 0 Å². The zero-order chi connectivity index (χ0) is 13.0. The molecule has 0 aliphatic heterocycles. The molecule has 5 heteroatoms. The summed E-state index contributed by atoms with van der Waals surface area (Å²) in [7, 11) is 0. The van der Waals surface area contributed by atoms with Crippen molar-refractivity contribution in [3.8, 4) is 0 Å². The molecular formula is C13H16FN3S. The molecule has 0 saturated heterocycles. The van der Waals surface area contributed by atoms with Crippen LogP contribution in [0.5, 0.6) is 0 Å². The van der Waals surface area contributed by atoms with Crippen LogP contribution in [0.15, 0.2) is 30.5 Å². The van der Waals surface area contributed by atoms with Gasteiger partial charge < -0.3 is 0 Å². The second-order valence-electron chi connectivity index (χ2n) is 4.05. The van der Waals surface area contributed by atoms with Gasteiger partial charge in [-0.3, -0.25) is 16.3 Å². The average Bonchev–Trinajstić information content (AvgIpc) is 2.85. The Balaban J connectivity index is 2.11. The van der Waals surface area contributed by atoms with Gasteiger partial charge in [0.15, 0.2) is 0 Å². The van der Waals surface area contributed by atoms with Crippen LogP contribution < -0.4 is 11.3 Å². The highest BCUT2D eigenvalue weighted by molar-refractivity contribution is 7.11. The number of halogens is 1. The highest BCUT2D eigenvalue weighted by Gasteiger charge is 2.13. The second-order valence-corrected chi connectivity index (χ2v) is 5.30. The summed E-state index contributed by atoms with van der Waals surface area (Å²) in [5.41, 5.74) is 3.49. The van der Waals surface area contributed by atoms with Crippen LogP contribution in [0.3, 0.4) is 0 Å². The lowest BCUT2D eigenvalue weighted by Gasteiger charge is -2.14. The first kappa shape index (κ1) is 13.1. The molecule has 3 nitrogen and oxygen atoms in total. The van der Waals surface area contributed by atoms with Crippen molar-refractivity contribution in [2.45, 2.75) is 25.8 Å². The van der Waals surface area contributed by atoms with E-state index in [9.17, 15) is 4.39 Å². The molecule has 0 fully saturated rings. The van der Waals surface area contributed by atoms with Gasteiger partial charge in [-0.15, -0.1) is 11.3 Å². The Kier molecular flexibility index (Phi) is 4.41. The predicted octanol–water partition coefficient (Wildman–Crippen LogP) is 2.59. The van der Waals surface area contributed by atoms with Crippen LogP contribution in [-0.4, -0.2) is 4.98 Å². The SMILES string of the molecule is CCc1ccc(CC(NN)c2ccc(F)cn2)s1. The molecule has 1 unspecified atom stereocenters. The van der Waals surface area contributed by atoms with Crippen molar-refractivity contribution >= 4 is 11.3 Å². The summed E-state index contributed by atoms with van der Waals surface area (Å²) < 4.78 is 12.8. The number of rotatable bonds is 5. The molecule has 0 aliphatic rings. The summed E-state index contributed by atoms with van der Waals surface area (Å²) in [6.07, 6.45) is 3.02. The van der Waals surface area contributed by atoms with Crippen molar-refractivity contribution in [3.63, 3.8) is 0 Å². The predicted molar refractivity (Wildman–Crippen MR) is 71.7 cm³/mol. The van der Waals surface area contributed by atoms with E-state index < -0.39 is 0 Å². The molecule has 0 bridgehead atoms. The third kappa shape index (κ3) is 3.13. The fourth-order valence-corrected chi connectivity index (χ4v) is 2.77. The van der Waals surface area contributed by atoms with Crippen molar-refractivity contribution < 1.29 is 4.39 Å². The van der Waals surface area contributed by atoms with E-state index >= 15 is 0 Å². The van der Waals surface area contributed by atoms with E-state index in [0.717, 1.165) is 18.5 Å². The molecule has 1 atom stereocenters. The van der Waals surface area contributed by atoms with Crippen molar-refractivity contribution in [2.75, 3.05) is 0 Å². The average molecular weight is 265 g/mol. The largest absolute Gasteiger partial charge is 0.271 e. The quantitative estimate of drug-likeness (QED) is 0.645. The number of hydrogen-bond acceptors (Lipinski definition) is 4. The molecule has 2 heterocycles. The lowest BCUT2D eigenvalue weighted by Crippen LogP contribution is -2.30. The first-order chi connectivity index (χ1) is 8.72. The minimum atomic E-state index is -0.334. The van der Waals surface area contributed by atoms with Crippen molar-refractivity contribution in [2.24, 2.45) is 5.84 Å². The minimum Gasteiger partial charge on any atom is -0.271 e. The molecule has 2 aromatic rings. The highest BCUT2D eigenvalue weighted by Crippen LogP contribution is 2.23. The Bertz CT molecular complexity index is 495. The van der Waals surface area contributed by atoms with Crippen molar-refractivity contribution in [1.82, 2.24) is 10.4 Å². The van der Waals surface area contributed by atoms with Gasteiger partial charge in [0.05, 0.1) is 17.9 Å². The Labute approximate surface area is 110 Å². The van der Waals surface area contributed by atoms with Gasteiger partial charge in [-0.2, -0.15) is 0 Å². The van der Waals surface area contributed by atoms with Gasteiger partial charge in [0.1, 0.15) is 5.82 Å². The molecule has 18 heavy (non-hydrogen) atoms. The van der Waals surface area contributed by atoms with Gasteiger partial charge in [-0.25, -0.2) is 4.39 Å². The standard InChI is InChI=1S/C13H16FN3S/c1-2-10-4-5-11(18-10)7-13(17-15)12-6-3-9(14)8-16-12/h3-6,8,13,17H,2,7,15H2,1H3. The molecule has 2 rings (SSSR count). The van der Waals surface area contributed by atoms with Crippen LogP contribution in [0.4, 0.5) is 4.39 Å². The van der Waals surface area contributed by atoms with Crippen molar-refractivity contribution in [3.05, 3.63) is 51.7 Å². The van der Waals surface area contributed by atoms with Crippen LogP contribution in [0.2, 0.25) is 0 Å². The summed E-state index contributed by atoms with van der Waals surface area (Å²) >= 11 is 1.78. The topological polar surface area (TPSA) is 50.9 Å². The Morgan fingerprint density at radius 2 is 2.11 bits per heavy atom. The summed E-state index contributed by atoms with van der Waals surface area (Å²) in [4.78, 5) is 6.67. The fourth-order valence-electron chi connectivity index (χ4n) is 1.77. The number of aryl methyl sites for hydroxylation is 1. The molecule has 0 amide bonds. The maximum Gasteiger partial charge on any atom is 0.141 e. The molecule has 0 aromatic carbocycles. The molecule has 2 aromatic heterocycles. The highest BCUT2D eigenvalue weighted by atomic mass is 32.1. The molecule has 0 aliphatic carbocycles. The zero-order valence-electron chi connectivity index (χ0n) is 10.2. The molecule has 3 N–H and O–H groups in total. The zero-order valence-corrected chi connectivity index (χ0v) is 11.0. The van der Waals surface area contributed by atoms with Gasteiger partial charge in [-0.05, 0) is 30.7 Å². The second kappa shape index (κ2) is 6.04. The van der Waals surface area contributed by atoms with E-state index in [1.54, 1.807) is 17.4 Å². The van der Waals surface area contributed by atoms with Gasteiger partial charge >= 0.3 is 0 Å². The summed E-state index contributed by atoms with van der Waals surface area (Å²) in [6, 6.07) is 7.21. The van der Waals surface area contributed by atoms with E-state index in [4.69, 9.17) is 5.84 Å². The van der Waals surface area contributed by atoms with Gasteiger partial charge in [0, 0.05) is 16.2 Å². The van der Waals surface area contributed by atoms with E-state index in [-0.39, 0.29) is 11.9 Å². The molecule has 0 saturated carbocycles. The van der Waals surface area contributed by atoms with Crippen LogP contribution in [0.1, 0.15) is 28.4 Å². The van der Waals surface area contributed by atoms with E-state index in [2.05, 4.69) is 29.5 Å². The number of nitrogens with one attached hydrogen (secondary N) is 1. The Hall–Kier alpha value is -1.30. The number of thiophene rings is 1. The summed E-state index contributed by atoms with van der Waals surface area (Å²) in [6.45, 7) is 2.13. The number of aromatic nitrogens is 1. The summed E-state index contributed by atoms with van der Waals surface area (Å²) in [5.74, 6) is 5.22. The maximum absolute atomic E-state index is 12.8. The molecule has 0 radical (unpaired) electrons. The maximum atomic E-state index is 12.8. The minimum absolute atomic E-state index is 0.0889. The van der Waals surface area contributed by atoms with Gasteiger partial charge in [0.25, 0.3) is 0 Å². The van der Waals surface area contributed by atoms with E-state index in [1.807, 2.05) is 0 Å². The molecule has 96 valence electrons. The lowest BCUT2D eigenvalue weighted by molar-refractivity contribution is 0.536. The first-order valence-corrected chi connectivity index (χ1v) is 6.69. The molecular weight excluding hydrogens is 249 g/mol. The number of hydrazine groups is 1. The monoisotopic (exact) mass is 265 g/mol. The fraction of sp³-hybridized carbons (Fsp3) is 0.308. The third-order valence-electron chi connectivity index (χ3n) is 2.78. The Morgan fingerprint density at radius 1 is 1.33 bits per heavy atom. The first-order valence-electron chi connectivity index (χ1n) is 5.88. The molecule has 0 spiro atoms. The smallest absolute Gasteiger partial charge is 0.141 e. The van der Waals surface area contributed by atoms with E-state index in [1.165, 1.54) is 22.0 Å². The number of hydrogen-bond donors (Lipinski definition) is 2.